The lowest BCUT2D eigenvalue weighted by Gasteiger charge is -2.20. The van der Waals surface area contributed by atoms with Crippen LogP contribution in [0.25, 0.3) is 0 Å². The molecule has 3 nitrogen and oxygen atoms in total. The minimum atomic E-state index is -0.242. The zero-order valence-corrected chi connectivity index (χ0v) is 11.5. The summed E-state index contributed by atoms with van der Waals surface area (Å²) in [7, 11) is 3.21. The first-order valence-corrected chi connectivity index (χ1v) is 6.17. The summed E-state index contributed by atoms with van der Waals surface area (Å²) in [6.07, 6.45) is 0.901. The number of halogens is 1. The zero-order chi connectivity index (χ0) is 13.5. The Morgan fingerprint density at radius 3 is 2.56 bits per heavy atom. The van der Waals surface area contributed by atoms with E-state index in [0.29, 0.717) is 17.9 Å². The number of hydrogen-bond acceptors (Lipinski definition) is 3. The van der Waals surface area contributed by atoms with Crippen molar-refractivity contribution >= 4 is 0 Å². The van der Waals surface area contributed by atoms with Gasteiger partial charge in [0.15, 0.2) is 0 Å². The van der Waals surface area contributed by atoms with E-state index in [4.69, 9.17) is 9.47 Å². The highest BCUT2D eigenvalue weighted by molar-refractivity contribution is 5.30. The minimum absolute atomic E-state index is 0.0391. The molecule has 0 aliphatic heterocycles. The van der Waals surface area contributed by atoms with Gasteiger partial charge in [-0.25, -0.2) is 4.39 Å². The van der Waals surface area contributed by atoms with Crippen LogP contribution in [0.1, 0.15) is 31.9 Å². The largest absolute Gasteiger partial charge is 0.497 e. The van der Waals surface area contributed by atoms with E-state index in [9.17, 15) is 4.39 Å². The first kappa shape index (κ1) is 14.9. The molecule has 0 amide bonds. The summed E-state index contributed by atoms with van der Waals surface area (Å²) in [5, 5.41) is 3.35. The summed E-state index contributed by atoms with van der Waals surface area (Å²) >= 11 is 0. The summed E-state index contributed by atoms with van der Waals surface area (Å²) in [4.78, 5) is 0. The summed E-state index contributed by atoms with van der Waals surface area (Å²) in [5.41, 5.74) is 0.653. The fourth-order valence-electron chi connectivity index (χ4n) is 1.88. The van der Waals surface area contributed by atoms with Crippen LogP contribution < -0.4 is 10.1 Å². The van der Waals surface area contributed by atoms with Gasteiger partial charge < -0.3 is 14.8 Å². The summed E-state index contributed by atoms with van der Waals surface area (Å²) < 4.78 is 23.9. The van der Waals surface area contributed by atoms with Crippen LogP contribution in [0, 0.1) is 5.82 Å². The molecule has 18 heavy (non-hydrogen) atoms. The molecule has 102 valence electrons. The second kappa shape index (κ2) is 7.34. The van der Waals surface area contributed by atoms with Crippen molar-refractivity contribution in [2.45, 2.75) is 32.4 Å². The molecule has 4 heteroatoms. The molecule has 0 bridgehead atoms. The molecular weight excluding hydrogens is 233 g/mol. The monoisotopic (exact) mass is 255 g/mol. The van der Waals surface area contributed by atoms with Gasteiger partial charge in [0, 0.05) is 37.4 Å². The molecule has 0 radical (unpaired) electrons. The number of hydrogen-bond donors (Lipinski definition) is 1. The van der Waals surface area contributed by atoms with Gasteiger partial charge in [-0.2, -0.15) is 0 Å². The van der Waals surface area contributed by atoms with E-state index in [-0.39, 0.29) is 17.9 Å². The molecule has 1 rings (SSSR count). The fraction of sp³-hybridized carbons (Fsp3) is 0.571. The van der Waals surface area contributed by atoms with Crippen LogP contribution in [0.3, 0.4) is 0 Å². The van der Waals surface area contributed by atoms with E-state index >= 15 is 0 Å². The van der Waals surface area contributed by atoms with Crippen molar-refractivity contribution in [1.29, 1.82) is 0 Å². The number of nitrogens with one attached hydrogen (secondary N) is 1. The lowest BCUT2D eigenvalue weighted by Crippen LogP contribution is -2.30. The Morgan fingerprint density at radius 2 is 2.00 bits per heavy atom. The Hall–Kier alpha value is -1.13. The summed E-state index contributed by atoms with van der Waals surface area (Å²) in [5.74, 6) is 0.296. The molecule has 0 aromatic heterocycles. The first-order valence-electron chi connectivity index (χ1n) is 6.17. The first-order chi connectivity index (χ1) is 8.58. The van der Waals surface area contributed by atoms with Gasteiger partial charge in [-0.3, -0.25) is 0 Å². The Bertz CT molecular complexity index is 371. The predicted molar refractivity (Wildman–Crippen MR) is 70.5 cm³/mol. The van der Waals surface area contributed by atoms with Crippen LogP contribution in [0.4, 0.5) is 4.39 Å². The maximum absolute atomic E-state index is 13.8. The summed E-state index contributed by atoms with van der Waals surface area (Å²) in [6.45, 7) is 4.72. The van der Waals surface area contributed by atoms with Crippen LogP contribution in [-0.4, -0.2) is 26.9 Å². The molecule has 0 saturated carbocycles. The number of ether oxygens (including phenoxy) is 2. The molecule has 0 heterocycles. The van der Waals surface area contributed by atoms with Gasteiger partial charge in [0.1, 0.15) is 11.6 Å². The topological polar surface area (TPSA) is 30.5 Å². The standard InChI is InChI=1S/C14H22FNO2/c1-10(7-8-17-3)16-11(2)13-6-5-12(18-4)9-14(13)15/h5-6,9-11,16H,7-8H2,1-4H3. The number of methoxy groups -OCH3 is 2. The second-order valence-electron chi connectivity index (χ2n) is 4.46. The van der Waals surface area contributed by atoms with Crippen molar-refractivity contribution < 1.29 is 13.9 Å². The van der Waals surface area contributed by atoms with Crippen LogP contribution in [0.5, 0.6) is 5.75 Å². The third kappa shape index (κ3) is 4.27. The second-order valence-corrected chi connectivity index (χ2v) is 4.46. The van der Waals surface area contributed by atoms with Crippen molar-refractivity contribution in [3.8, 4) is 5.75 Å². The van der Waals surface area contributed by atoms with Crippen molar-refractivity contribution in [3.63, 3.8) is 0 Å². The molecule has 0 aliphatic rings. The maximum atomic E-state index is 13.8. The lowest BCUT2D eigenvalue weighted by atomic mass is 10.1. The van der Waals surface area contributed by atoms with Gasteiger partial charge in [-0.15, -0.1) is 0 Å². The SMILES string of the molecule is COCCC(C)NC(C)c1ccc(OC)cc1F. The highest BCUT2D eigenvalue weighted by atomic mass is 19.1. The van der Waals surface area contributed by atoms with Gasteiger partial charge in [-0.05, 0) is 26.3 Å². The average Bonchev–Trinajstić information content (AvgIpc) is 2.35. The molecule has 2 unspecified atom stereocenters. The molecule has 1 aromatic carbocycles. The third-order valence-corrected chi connectivity index (χ3v) is 2.96. The van der Waals surface area contributed by atoms with Crippen LogP contribution in [0.2, 0.25) is 0 Å². The van der Waals surface area contributed by atoms with Crippen molar-refractivity contribution in [2.24, 2.45) is 0 Å². The molecule has 1 N–H and O–H groups in total. The van der Waals surface area contributed by atoms with E-state index in [0.717, 1.165) is 6.42 Å². The lowest BCUT2D eigenvalue weighted by molar-refractivity contribution is 0.183. The smallest absolute Gasteiger partial charge is 0.131 e. The van der Waals surface area contributed by atoms with Gasteiger partial charge >= 0.3 is 0 Å². The minimum Gasteiger partial charge on any atom is -0.497 e. The van der Waals surface area contributed by atoms with Gasteiger partial charge in [0.05, 0.1) is 7.11 Å². The Balaban J connectivity index is 2.63. The Labute approximate surface area is 108 Å². The molecule has 0 spiro atoms. The van der Waals surface area contributed by atoms with Gasteiger partial charge in [0.25, 0.3) is 0 Å². The van der Waals surface area contributed by atoms with E-state index < -0.39 is 0 Å². The van der Waals surface area contributed by atoms with Crippen molar-refractivity contribution in [2.75, 3.05) is 20.8 Å². The van der Waals surface area contributed by atoms with Crippen molar-refractivity contribution in [3.05, 3.63) is 29.6 Å². The third-order valence-electron chi connectivity index (χ3n) is 2.96. The summed E-state index contributed by atoms with van der Waals surface area (Å²) in [6, 6.07) is 5.18. The Kier molecular flexibility index (Phi) is 6.09. The normalized spacial score (nSPS) is 14.3. The molecular formula is C14H22FNO2. The fourth-order valence-corrected chi connectivity index (χ4v) is 1.88. The molecule has 0 saturated heterocycles. The molecule has 0 fully saturated rings. The number of rotatable bonds is 7. The molecule has 0 aliphatic carbocycles. The van der Waals surface area contributed by atoms with Crippen LogP contribution >= 0.6 is 0 Å². The van der Waals surface area contributed by atoms with E-state index in [1.807, 2.05) is 6.92 Å². The Morgan fingerprint density at radius 1 is 1.28 bits per heavy atom. The molecule has 1 aromatic rings. The average molecular weight is 255 g/mol. The van der Waals surface area contributed by atoms with Gasteiger partial charge in [-0.1, -0.05) is 6.07 Å². The van der Waals surface area contributed by atoms with E-state index in [1.165, 1.54) is 13.2 Å². The predicted octanol–water partition coefficient (Wildman–Crippen LogP) is 2.91. The van der Waals surface area contributed by atoms with Crippen molar-refractivity contribution in [1.82, 2.24) is 5.32 Å². The van der Waals surface area contributed by atoms with Crippen LogP contribution in [0.15, 0.2) is 18.2 Å². The highest BCUT2D eigenvalue weighted by Crippen LogP contribution is 2.22. The zero-order valence-electron chi connectivity index (χ0n) is 11.5. The quantitative estimate of drug-likeness (QED) is 0.812. The highest BCUT2D eigenvalue weighted by Gasteiger charge is 2.13. The van der Waals surface area contributed by atoms with E-state index in [1.54, 1.807) is 19.2 Å². The molecule has 2 atom stereocenters. The maximum Gasteiger partial charge on any atom is 0.131 e. The van der Waals surface area contributed by atoms with E-state index in [2.05, 4.69) is 12.2 Å². The number of benzene rings is 1. The van der Waals surface area contributed by atoms with Gasteiger partial charge in [0.2, 0.25) is 0 Å². The van der Waals surface area contributed by atoms with Crippen LogP contribution in [-0.2, 0) is 4.74 Å².